The van der Waals surface area contributed by atoms with Gasteiger partial charge in [-0.15, -0.1) is 0 Å². The van der Waals surface area contributed by atoms with Crippen LogP contribution in [0, 0.1) is 0 Å². The van der Waals surface area contributed by atoms with Gasteiger partial charge in [-0.05, 0) is 24.3 Å². The van der Waals surface area contributed by atoms with Crippen molar-refractivity contribution in [1.82, 2.24) is 4.89 Å². The third kappa shape index (κ3) is 1.95. The van der Waals surface area contributed by atoms with Crippen molar-refractivity contribution in [1.29, 1.82) is 0 Å². The van der Waals surface area contributed by atoms with Crippen molar-refractivity contribution in [2.45, 2.75) is 4.90 Å². The lowest BCUT2D eigenvalue weighted by atomic mass is 10.4. The Morgan fingerprint density at radius 1 is 1.25 bits per heavy atom. The molecule has 0 aliphatic carbocycles. The SMILES string of the molecule is O=S(=O)([N]O)c1ccc(Cl)cc1. The summed E-state index contributed by atoms with van der Waals surface area (Å²) in [5, 5.41) is 8.54. The summed E-state index contributed by atoms with van der Waals surface area (Å²) in [6, 6.07) is 5.33. The summed E-state index contributed by atoms with van der Waals surface area (Å²) in [5.41, 5.74) is 0. The van der Waals surface area contributed by atoms with Gasteiger partial charge in [0.15, 0.2) is 0 Å². The van der Waals surface area contributed by atoms with E-state index < -0.39 is 10.0 Å². The first-order chi connectivity index (χ1) is 5.56. The Balaban J connectivity index is 3.14. The lowest BCUT2D eigenvalue weighted by Crippen LogP contribution is -2.11. The smallest absolute Gasteiger partial charge is 0.281 e. The van der Waals surface area contributed by atoms with E-state index in [1.54, 1.807) is 0 Å². The molecule has 1 aromatic carbocycles. The monoisotopic (exact) mass is 206 g/mol. The molecule has 1 radical (unpaired) electrons. The molecule has 0 amide bonds. The highest BCUT2D eigenvalue weighted by molar-refractivity contribution is 7.89. The molecule has 1 rings (SSSR count). The molecule has 0 spiro atoms. The number of sulfonamides is 1. The highest BCUT2D eigenvalue weighted by atomic mass is 35.5. The Kier molecular flexibility index (Phi) is 2.69. The van der Waals surface area contributed by atoms with Crippen LogP contribution in [0.2, 0.25) is 5.02 Å². The van der Waals surface area contributed by atoms with Crippen LogP contribution in [-0.2, 0) is 10.0 Å². The Morgan fingerprint density at radius 3 is 2.17 bits per heavy atom. The fraction of sp³-hybridized carbons (Fsp3) is 0. The number of hydrogen-bond acceptors (Lipinski definition) is 3. The van der Waals surface area contributed by atoms with Crippen LogP contribution in [0.5, 0.6) is 0 Å². The van der Waals surface area contributed by atoms with Gasteiger partial charge >= 0.3 is 0 Å². The van der Waals surface area contributed by atoms with Crippen molar-refractivity contribution >= 4 is 21.6 Å². The summed E-state index contributed by atoms with van der Waals surface area (Å²) in [7, 11) is -3.89. The minimum Gasteiger partial charge on any atom is -0.282 e. The van der Waals surface area contributed by atoms with Gasteiger partial charge in [0.1, 0.15) is 0 Å². The normalized spacial score (nSPS) is 11.5. The van der Waals surface area contributed by atoms with Crippen molar-refractivity contribution in [2.75, 3.05) is 0 Å². The molecular weight excluding hydrogens is 202 g/mol. The highest BCUT2D eigenvalue weighted by Crippen LogP contribution is 2.13. The molecular formula is C6H5ClNO3S. The van der Waals surface area contributed by atoms with E-state index in [1.807, 2.05) is 0 Å². The first-order valence-electron chi connectivity index (χ1n) is 2.93. The zero-order valence-electron chi connectivity index (χ0n) is 5.81. The summed E-state index contributed by atoms with van der Waals surface area (Å²) in [6.07, 6.45) is 0. The van der Waals surface area contributed by atoms with Gasteiger partial charge in [-0.1, -0.05) is 11.6 Å². The molecule has 0 aliphatic rings. The van der Waals surface area contributed by atoms with Crippen LogP contribution in [0.15, 0.2) is 29.2 Å². The first kappa shape index (κ1) is 9.47. The zero-order chi connectivity index (χ0) is 9.19. The molecule has 1 N–H and O–H groups in total. The first-order valence-corrected chi connectivity index (χ1v) is 4.75. The summed E-state index contributed by atoms with van der Waals surface area (Å²) in [6.45, 7) is 0. The molecule has 0 saturated heterocycles. The average Bonchev–Trinajstić information content (AvgIpc) is 2.05. The maximum atomic E-state index is 10.9. The number of halogens is 1. The molecule has 4 nitrogen and oxygen atoms in total. The van der Waals surface area contributed by atoms with Gasteiger partial charge in [-0.25, -0.2) is 8.42 Å². The van der Waals surface area contributed by atoms with Crippen molar-refractivity contribution in [2.24, 2.45) is 0 Å². The Labute approximate surface area is 74.8 Å². The topological polar surface area (TPSA) is 68.5 Å². The average molecular weight is 207 g/mol. The quantitative estimate of drug-likeness (QED) is 0.735. The van der Waals surface area contributed by atoms with E-state index in [2.05, 4.69) is 4.89 Å². The van der Waals surface area contributed by atoms with Crippen LogP contribution in [0.25, 0.3) is 0 Å². The lowest BCUT2D eigenvalue weighted by molar-refractivity contribution is 0.233. The predicted molar refractivity (Wildman–Crippen MR) is 42.6 cm³/mol. The summed E-state index contributed by atoms with van der Waals surface area (Å²) in [5.74, 6) is 0. The van der Waals surface area contributed by atoms with Gasteiger partial charge in [0.2, 0.25) is 0 Å². The second-order valence-corrected chi connectivity index (χ2v) is 4.03. The van der Waals surface area contributed by atoms with Crippen molar-refractivity contribution < 1.29 is 13.6 Å². The molecule has 0 saturated carbocycles. The van der Waals surface area contributed by atoms with E-state index in [1.165, 1.54) is 24.3 Å². The largest absolute Gasteiger partial charge is 0.282 e. The van der Waals surface area contributed by atoms with Gasteiger partial charge in [0.05, 0.1) is 4.90 Å². The molecule has 1 aromatic rings. The summed E-state index contributed by atoms with van der Waals surface area (Å²) in [4.78, 5) is 2.16. The molecule has 0 aromatic heterocycles. The Hall–Kier alpha value is -0.620. The standard InChI is InChI=1S/C6H5ClNO3S/c7-5-1-3-6(4-2-5)12(10,11)8-9/h1-4,9H. The number of benzene rings is 1. The molecule has 0 heterocycles. The van der Waals surface area contributed by atoms with Gasteiger partial charge in [-0.3, -0.25) is 5.21 Å². The van der Waals surface area contributed by atoms with Gasteiger partial charge in [0, 0.05) is 9.91 Å². The Morgan fingerprint density at radius 2 is 1.75 bits per heavy atom. The predicted octanol–water partition coefficient (Wildman–Crippen LogP) is 1.02. The van der Waals surface area contributed by atoms with E-state index >= 15 is 0 Å². The minimum absolute atomic E-state index is 0.0885. The van der Waals surface area contributed by atoms with E-state index in [0.717, 1.165) is 0 Å². The lowest BCUT2D eigenvalue weighted by Gasteiger charge is -1.97. The fourth-order valence-electron chi connectivity index (χ4n) is 0.654. The molecule has 65 valence electrons. The van der Waals surface area contributed by atoms with E-state index in [-0.39, 0.29) is 4.90 Å². The van der Waals surface area contributed by atoms with Crippen LogP contribution < -0.4 is 4.89 Å². The van der Waals surface area contributed by atoms with Gasteiger partial charge in [0.25, 0.3) is 10.0 Å². The number of rotatable bonds is 2. The minimum atomic E-state index is -3.89. The number of hydrogen-bond donors (Lipinski definition) is 1. The molecule has 0 aliphatic heterocycles. The third-order valence-corrected chi connectivity index (χ3v) is 2.55. The Bertz CT molecular complexity index is 359. The molecule has 12 heavy (non-hydrogen) atoms. The molecule has 0 atom stereocenters. The van der Waals surface area contributed by atoms with E-state index in [9.17, 15) is 8.42 Å². The summed E-state index contributed by atoms with van der Waals surface area (Å²) < 4.78 is 21.7. The fourth-order valence-corrected chi connectivity index (χ4v) is 1.35. The zero-order valence-corrected chi connectivity index (χ0v) is 7.38. The second kappa shape index (κ2) is 3.40. The maximum absolute atomic E-state index is 10.9. The van der Waals surface area contributed by atoms with E-state index in [4.69, 9.17) is 16.8 Å². The van der Waals surface area contributed by atoms with Crippen LogP contribution >= 0.6 is 11.6 Å². The number of nitrogens with zero attached hydrogens (tertiary/aromatic N) is 1. The van der Waals surface area contributed by atoms with Crippen molar-refractivity contribution in [3.63, 3.8) is 0 Å². The van der Waals surface area contributed by atoms with Crippen LogP contribution in [-0.4, -0.2) is 13.6 Å². The molecule has 0 bridgehead atoms. The van der Waals surface area contributed by atoms with Crippen molar-refractivity contribution in [3.8, 4) is 0 Å². The second-order valence-electron chi connectivity index (χ2n) is 2.01. The maximum Gasteiger partial charge on any atom is 0.281 e. The highest BCUT2D eigenvalue weighted by Gasteiger charge is 2.13. The molecule has 6 heteroatoms. The van der Waals surface area contributed by atoms with Crippen molar-refractivity contribution in [3.05, 3.63) is 29.3 Å². The summed E-state index contributed by atoms with van der Waals surface area (Å²) >= 11 is 5.52. The van der Waals surface area contributed by atoms with Crippen LogP contribution in [0.4, 0.5) is 0 Å². The van der Waals surface area contributed by atoms with Crippen LogP contribution in [0.1, 0.15) is 0 Å². The van der Waals surface area contributed by atoms with Gasteiger partial charge < -0.3 is 0 Å². The third-order valence-electron chi connectivity index (χ3n) is 1.22. The molecule has 0 unspecified atom stereocenters. The van der Waals surface area contributed by atoms with Crippen LogP contribution in [0.3, 0.4) is 0 Å². The van der Waals surface area contributed by atoms with E-state index in [0.29, 0.717) is 5.02 Å². The van der Waals surface area contributed by atoms with Gasteiger partial charge in [-0.2, -0.15) is 0 Å². The molecule has 0 fully saturated rings.